The number of hydrogen-bond donors (Lipinski definition) is 2. The minimum atomic E-state index is -0.280. The van der Waals surface area contributed by atoms with Gasteiger partial charge in [0, 0.05) is 35.3 Å². The van der Waals surface area contributed by atoms with Gasteiger partial charge in [0.2, 0.25) is 0 Å². The predicted octanol–water partition coefficient (Wildman–Crippen LogP) is 2.95. The van der Waals surface area contributed by atoms with E-state index in [0.29, 0.717) is 22.9 Å². The molecule has 0 fully saturated rings. The van der Waals surface area contributed by atoms with Crippen molar-refractivity contribution in [2.24, 2.45) is 5.73 Å². The first-order chi connectivity index (χ1) is 10.6. The van der Waals surface area contributed by atoms with E-state index in [4.69, 9.17) is 22.1 Å². The molecule has 2 aromatic rings. The van der Waals surface area contributed by atoms with E-state index in [0.717, 1.165) is 16.9 Å². The molecule has 0 unspecified atom stereocenters. The maximum atomic E-state index is 12.3. The van der Waals surface area contributed by atoms with E-state index in [2.05, 4.69) is 9.71 Å². The molecule has 7 heteroatoms. The second-order valence-electron chi connectivity index (χ2n) is 4.83. The number of hydrogen-bond acceptors (Lipinski definition) is 5. The molecular formula is C15H14ClN3O2S. The van der Waals surface area contributed by atoms with E-state index >= 15 is 0 Å². The highest BCUT2D eigenvalue weighted by Gasteiger charge is 2.22. The van der Waals surface area contributed by atoms with E-state index in [9.17, 15) is 4.79 Å². The number of pyridine rings is 1. The van der Waals surface area contributed by atoms with Crippen LogP contribution in [0.4, 0.5) is 0 Å². The molecule has 114 valence electrons. The minimum absolute atomic E-state index is 0.107. The standard InChI is InChI=1S/C15H14ClN3O2S/c16-12-7-11-13(17)3-6-21-14(11)8-10(12)15(20)19-22-9-1-4-18-5-2-9/h1-2,4-5,7-8,13H,3,6,17H2,(H,19,20)/t13-/m0/s1. The Morgan fingerprint density at radius 1 is 1.41 bits per heavy atom. The molecule has 0 aliphatic carbocycles. The normalized spacial score (nSPS) is 16.5. The summed E-state index contributed by atoms with van der Waals surface area (Å²) >= 11 is 7.42. The summed E-state index contributed by atoms with van der Waals surface area (Å²) in [5.41, 5.74) is 7.24. The van der Waals surface area contributed by atoms with Gasteiger partial charge in [-0.1, -0.05) is 11.6 Å². The highest BCUT2D eigenvalue weighted by Crippen LogP contribution is 2.35. The number of ether oxygens (including phenoxy) is 1. The van der Waals surface area contributed by atoms with Crippen LogP contribution >= 0.6 is 23.5 Å². The SMILES string of the molecule is N[C@H]1CCOc2cc(C(=O)NSc3ccncc3)c(Cl)cc21. The first-order valence-corrected chi connectivity index (χ1v) is 7.93. The first-order valence-electron chi connectivity index (χ1n) is 6.74. The van der Waals surface area contributed by atoms with Gasteiger partial charge in [0.05, 0.1) is 17.2 Å². The third-order valence-corrected chi connectivity index (χ3v) is 4.45. The topological polar surface area (TPSA) is 77.2 Å². The molecule has 1 aromatic carbocycles. The van der Waals surface area contributed by atoms with Gasteiger partial charge in [-0.15, -0.1) is 0 Å². The lowest BCUT2D eigenvalue weighted by molar-refractivity contribution is 0.0984. The van der Waals surface area contributed by atoms with E-state index in [1.54, 1.807) is 24.5 Å². The Hall–Kier alpha value is -1.76. The van der Waals surface area contributed by atoms with Crippen LogP contribution in [0.3, 0.4) is 0 Å². The van der Waals surface area contributed by atoms with Crippen LogP contribution in [0.15, 0.2) is 41.6 Å². The van der Waals surface area contributed by atoms with Gasteiger partial charge in [-0.25, -0.2) is 0 Å². The Bertz CT molecular complexity index is 697. The van der Waals surface area contributed by atoms with Gasteiger partial charge in [0.15, 0.2) is 0 Å². The fourth-order valence-electron chi connectivity index (χ4n) is 2.18. The third kappa shape index (κ3) is 3.19. The molecule has 0 saturated carbocycles. The van der Waals surface area contributed by atoms with Crippen LogP contribution in [0.2, 0.25) is 5.02 Å². The van der Waals surface area contributed by atoms with Crippen molar-refractivity contribution in [3.8, 4) is 5.75 Å². The highest BCUT2D eigenvalue weighted by atomic mass is 35.5. The van der Waals surface area contributed by atoms with Crippen molar-refractivity contribution >= 4 is 29.5 Å². The molecule has 0 saturated heterocycles. The zero-order valence-corrected chi connectivity index (χ0v) is 13.2. The molecule has 5 nitrogen and oxygen atoms in total. The molecule has 0 spiro atoms. The molecule has 22 heavy (non-hydrogen) atoms. The summed E-state index contributed by atoms with van der Waals surface area (Å²) in [6.07, 6.45) is 4.07. The number of fused-ring (bicyclic) bond motifs is 1. The molecule has 1 atom stereocenters. The Morgan fingerprint density at radius 3 is 2.95 bits per heavy atom. The monoisotopic (exact) mass is 335 g/mol. The van der Waals surface area contributed by atoms with Gasteiger partial charge < -0.3 is 10.5 Å². The smallest absolute Gasteiger partial charge is 0.263 e. The molecule has 0 radical (unpaired) electrons. The fraction of sp³-hybridized carbons (Fsp3) is 0.200. The Morgan fingerprint density at radius 2 is 2.18 bits per heavy atom. The molecule has 1 amide bonds. The number of nitrogens with two attached hydrogens (primary N) is 1. The van der Waals surface area contributed by atoms with Gasteiger partial charge in [-0.3, -0.25) is 14.5 Å². The maximum Gasteiger partial charge on any atom is 0.263 e. The van der Waals surface area contributed by atoms with Crippen LogP contribution in [-0.4, -0.2) is 17.5 Å². The zero-order valence-electron chi connectivity index (χ0n) is 11.6. The first kappa shape index (κ1) is 15.1. The van der Waals surface area contributed by atoms with Crippen molar-refractivity contribution in [3.63, 3.8) is 0 Å². The lowest BCUT2D eigenvalue weighted by atomic mass is 9.99. The molecular weight excluding hydrogens is 322 g/mol. The summed E-state index contributed by atoms with van der Waals surface area (Å²) < 4.78 is 8.32. The van der Waals surface area contributed by atoms with Crippen molar-refractivity contribution in [2.75, 3.05) is 6.61 Å². The number of halogens is 1. The van der Waals surface area contributed by atoms with Gasteiger partial charge >= 0.3 is 0 Å². The second-order valence-corrected chi connectivity index (χ2v) is 6.12. The predicted molar refractivity (Wildman–Crippen MR) is 86.1 cm³/mol. The summed E-state index contributed by atoms with van der Waals surface area (Å²) in [6, 6.07) is 6.87. The molecule has 1 aliphatic heterocycles. The Labute approximate surface area is 137 Å². The summed E-state index contributed by atoms with van der Waals surface area (Å²) in [4.78, 5) is 17.1. The van der Waals surface area contributed by atoms with E-state index in [1.807, 2.05) is 12.1 Å². The summed E-state index contributed by atoms with van der Waals surface area (Å²) in [6.45, 7) is 0.544. The van der Waals surface area contributed by atoms with Crippen LogP contribution < -0.4 is 15.2 Å². The van der Waals surface area contributed by atoms with Crippen LogP contribution in [0, 0.1) is 0 Å². The molecule has 3 N–H and O–H groups in total. The summed E-state index contributed by atoms with van der Waals surface area (Å²) in [5, 5.41) is 0.368. The van der Waals surface area contributed by atoms with Gasteiger partial charge in [-0.2, -0.15) is 0 Å². The lowest BCUT2D eigenvalue weighted by Crippen LogP contribution is -2.22. The number of amides is 1. The largest absolute Gasteiger partial charge is 0.493 e. The fourth-order valence-corrected chi connectivity index (χ4v) is 3.01. The van der Waals surface area contributed by atoms with Gasteiger partial charge in [0.25, 0.3) is 5.91 Å². The van der Waals surface area contributed by atoms with Crippen molar-refractivity contribution < 1.29 is 9.53 Å². The molecule has 2 heterocycles. The number of carbonyl (C=O) groups excluding carboxylic acids is 1. The highest BCUT2D eigenvalue weighted by molar-refractivity contribution is 7.98. The second kappa shape index (κ2) is 6.56. The Balaban J connectivity index is 1.78. The average Bonchev–Trinajstić information content (AvgIpc) is 2.54. The molecule has 0 bridgehead atoms. The molecule has 3 rings (SSSR count). The average molecular weight is 336 g/mol. The maximum absolute atomic E-state index is 12.3. The van der Waals surface area contributed by atoms with E-state index in [1.165, 1.54) is 11.9 Å². The van der Waals surface area contributed by atoms with Crippen LogP contribution in [0.25, 0.3) is 0 Å². The van der Waals surface area contributed by atoms with E-state index in [-0.39, 0.29) is 11.9 Å². The van der Waals surface area contributed by atoms with Crippen LogP contribution in [0.5, 0.6) is 5.75 Å². The number of carbonyl (C=O) groups is 1. The van der Waals surface area contributed by atoms with Crippen LogP contribution in [0.1, 0.15) is 28.4 Å². The van der Waals surface area contributed by atoms with Crippen molar-refractivity contribution in [1.29, 1.82) is 0 Å². The summed E-state index contributed by atoms with van der Waals surface area (Å²) in [7, 11) is 0. The minimum Gasteiger partial charge on any atom is -0.493 e. The van der Waals surface area contributed by atoms with Crippen molar-refractivity contribution in [1.82, 2.24) is 9.71 Å². The van der Waals surface area contributed by atoms with Crippen LogP contribution in [-0.2, 0) is 0 Å². The number of benzene rings is 1. The quantitative estimate of drug-likeness (QED) is 0.843. The third-order valence-electron chi connectivity index (χ3n) is 3.34. The van der Waals surface area contributed by atoms with E-state index < -0.39 is 0 Å². The number of aromatic nitrogens is 1. The summed E-state index contributed by atoms with van der Waals surface area (Å²) in [5.74, 6) is 0.347. The lowest BCUT2D eigenvalue weighted by Gasteiger charge is -2.23. The number of nitrogens with one attached hydrogen (secondary N) is 1. The number of rotatable bonds is 3. The van der Waals surface area contributed by atoms with Crippen molar-refractivity contribution in [2.45, 2.75) is 17.4 Å². The van der Waals surface area contributed by atoms with Crippen molar-refractivity contribution in [3.05, 3.63) is 52.8 Å². The molecule has 1 aromatic heterocycles. The molecule has 1 aliphatic rings. The van der Waals surface area contributed by atoms with Gasteiger partial charge in [0.1, 0.15) is 5.75 Å². The number of nitrogens with zero attached hydrogens (tertiary/aromatic N) is 1. The van der Waals surface area contributed by atoms with Gasteiger partial charge in [-0.05, 0) is 36.2 Å². The zero-order chi connectivity index (χ0) is 15.5. The Kier molecular flexibility index (Phi) is 4.52.